The Morgan fingerprint density at radius 3 is 2.92 bits per heavy atom. The molecule has 0 aliphatic carbocycles. The Kier molecular flexibility index (Phi) is 6.15. The van der Waals surface area contributed by atoms with E-state index in [4.69, 9.17) is 4.74 Å². The van der Waals surface area contributed by atoms with Gasteiger partial charge in [0.15, 0.2) is 0 Å². The molecule has 1 unspecified atom stereocenters. The number of benzene rings is 1. The molecule has 1 aromatic rings. The van der Waals surface area contributed by atoms with Crippen molar-refractivity contribution in [3.8, 4) is 5.75 Å². The van der Waals surface area contributed by atoms with Crippen LogP contribution in [0.1, 0.15) is 31.2 Å². The van der Waals surface area contributed by atoms with Crippen LogP contribution >= 0.6 is 11.8 Å². The van der Waals surface area contributed by atoms with Gasteiger partial charge in [0, 0.05) is 13.1 Å². The van der Waals surface area contributed by atoms with Gasteiger partial charge in [-0.25, -0.2) is 0 Å². The molecule has 0 bridgehead atoms. The van der Waals surface area contributed by atoms with E-state index >= 15 is 0 Å². The van der Waals surface area contributed by atoms with Gasteiger partial charge < -0.3 is 10.1 Å². The van der Waals surface area contributed by atoms with Crippen molar-refractivity contribution in [1.82, 2.24) is 10.2 Å². The van der Waals surface area contributed by atoms with Gasteiger partial charge in [-0.3, -0.25) is 14.5 Å². The van der Waals surface area contributed by atoms with Gasteiger partial charge in [-0.15, -0.1) is 0 Å². The summed E-state index contributed by atoms with van der Waals surface area (Å²) >= 11 is 1.11. The van der Waals surface area contributed by atoms with Crippen molar-refractivity contribution >= 4 is 22.9 Å². The Morgan fingerprint density at radius 1 is 1.21 bits per heavy atom. The van der Waals surface area contributed by atoms with E-state index in [2.05, 4.69) is 17.4 Å². The van der Waals surface area contributed by atoms with Gasteiger partial charge in [-0.1, -0.05) is 36.4 Å². The third kappa shape index (κ3) is 4.51. The number of fused-ring (bicyclic) bond motifs is 1. The Hall–Kier alpha value is -1.53. The fourth-order valence-corrected chi connectivity index (χ4v) is 3.83. The Morgan fingerprint density at radius 2 is 2.08 bits per heavy atom. The first kappa shape index (κ1) is 17.3. The zero-order valence-electron chi connectivity index (χ0n) is 13.8. The predicted molar refractivity (Wildman–Crippen MR) is 95.5 cm³/mol. The average molecular weight is 348 g/mol. The highest BCUT2D eigenvalue weighted by Gasteiger charge is 2.28. The van der Waals surface area contributed by atoms with Gasteiger partial charge in [-0.2, -0.15) is 0 Å². The number of hydrogen-bond donors (Lipinski definition) is 1. The standard InChI is InChI=1S/C18H24N2O3S/c21-17-13-24-18(22)20(17)11-5-1-4-10-19-12-15-9-8-14-6-2-3-7-16(14)23-15/h2-3,6-7,15,19H,1,4-5,8-13H2. The van der Waals surface area contributed by atoms with Gasteiger partial charge in [0.25, 0.3) is 5.24 Å². The summed E-state index contributed by atoms with van der Waals surface area (Å²) in [5.41, 5.74) is 1.30. The lowest BCUT2D eigenvalue weighted by atomic mass is 10.0. The number of hydrogen-bond acceptors (Lipinski definition) is 5. The molecule has 130 valence electrons. The molecule has 0 radical (unpaired) electrons. The fraction of sp³-hybridized carbons (Fsp3) is 0.556. The molecule has 1 atom stereocenters. The van der Waals surface area contributed by atoms with Crippen molar-refractivity contribution in [2.24, 2.45) is 0 Å². The molecule has 2 amide bonds. The maximum Gasteiger partial charge on any atom is 0.288 e. The molecule has 6 heteroatoms. The minimum atomic E-state index is -0.0900. The zero-order chi connectivity index (χ0) is 16.8. The molecule has 1 N–H and O–H groups in total. The summed E-state index contributed by atoms with van der Waals surface area (Å²) in [5.74, 6) is 1.29. The molecular formula is C18H24N2O3S. The SMILES string of the molecule is O=C1CSC(=O)N1CCCCCNCC1CCc2ccccc2O1. The van der Waals surface area contributed by atoms with E-state index in [1.165, 1.54) is 10.5 Å². The lowest BCUT2D eigenvalue weighted by Crippen LogP contribution is -2.34. The van der Waals surface area contributed by atoms with Gasteiger partial charge in [0.2, 0.25) is 5.91 Å². The second-order valence-electron chi connectivity index (χ2n) is 6.25. The van der Waals surface area contributed by atoms with Crippen LogP contribution in [0.3, 0.4) is 0 Å². The Bertz CT molecular complexity index is 577. The maximum absolute atomic E-state index is 11.5. The Balaban J connectivity index is 1.25. The monoisotopic (exact) mass is 348 g/mol. The number of nitrogens with one attached hydrogen (secondary N) is 1. The molecule has 0 saturated carbocycles. The summed E-state index contributed by atoms with van der Waals surface area (Å²) in [6.45, 7) is 2.37. The largest absolute Gasteiger partial charge is 0.489 e. The molecule has 1 aromatic carbocycles. The molecule has 2 heterocycles. The fourth-order valence-electron chi connectivity index (χ4n) is 3.08. The Labute approximate surface area is 147 Å². The van der Waals surface area contributed by atoms with E-state index in [0.29, 0.717) is 12.3 Å². The molecule has 2 aliphatic rings. The smallest absolute Gasteiger partial charge is 0.288 e. The number of amides is 2. The first-order chi connectivity index (χ1) is 11.7. The number of carbonyl (C=O) groups excluding carboxylic acids is 2. The molecule has 0 aromatic heterocycles. The van der Waals surface area contributed by atoms with E-state index in [-0.39, 0.29) is 17.3 Å². The summed E-state index contributed by atoms with van der Waals surface area (Å²) in [6.07, 6.45) is 5.33. The lowest BCUT2D eigenvalue weighted by molar-refractivity contribution is -0.124. The lowest BCUT2D eigenvalue weighted by Gasteiger charge is -2.26. The molecule has 1 fully saturated rings. The summed E-state index contributed by atoms with van der Waals surface area (Å²) in [4.78, 5) is 24.3. The number of para-hydroxylation sites is 1. The third-order valence-corrected chi connectivity index (χ3v) is 5.31. The number of thioether (sulfide) groups is 1. The molecule has 5 nitrogen and oxygen atoms in total. The second kappa shape index (κ2) is 8.53. The second-order valence-corrected chi connectivity index (χ2v) is 7.18. The topological polar surface area (TPSA) is 58.6 Å². The predicted octanol–water partition coefficient (Wildman–Crippen LogP) is 2.84. The van der Waals surface area contributed by atoms with Crippen LogP contribution in [0.4, 0.5) is 4.79 Å². The summed E-state index contributed by atoms with van der Waals surface area (Å²) in [7, 11) is 0. The van der Waals surface area contributed by atoms with E-state index in [9.17, 15) is 9.59 Å². The van der Waals surface area contributed by atoms with Gasteiger partial charge in [-0.05, 0) is 43.9 Å². The van der Waals surface area contributed by atoms with Crippen LogP contribution in [0.2, 0.25) is 0 Å². The molecule has 3 rings (SSSR count). The van der Waals surface area contributed by atoms with Gasteiger partial charge >= 0.3 is 0 Å². The number of carbonyl (C=O) groups is 2. The highest BCUT2D eigenvalue weighted by molar-refractivity contribution is 8.14. The van der Waals surface area contributed by atoms with Crippen LogP contribution in [0.15, 0.2) is 24.3 Å². The molecule has 0 spiro atoms. The van der Waals surface area contributed by atoms with Crippen molar-refractivity contribution in [1.29, 1.82) is 0 Å². The summed E-state index contributed by atoms with van der Waals surface area (Å²) in [5, 5.41) is 3.37. The number of ether oxygens (including phenoxy) is 1. The van der Waals surface area contributed by atoms with Crippen LogP contribution in [0.5, 0.6) is 5.75 Å². The van der Waals surface area contributed by atoms with Gasteiger partial charge in [0.05, 0.1) is 5.75 Å². The highest BCUT2D eigenvalue weighted by atomic mass is 32.2. The van der Waals surface area contributed by atoms with E-state index in [0.717, 1.165) is 62.7 Å². The van der Waals surface area contributed by atoms with Crippen molar-refractivity contribution in [3.05, 3.63) is 29.8 Å². The van der Waals surface area contributed by atoms with Crippen molar-refractivity contribution in [3.63, 3.8) is 0 Å². The van der Waals surface area contributed by atoms with Crippen LogP contribution in [-0.2, 0) is 11.2 Å². The molecule has 2 aliphatic heterocycles. The summed E-state index contributed by atoms with van der Waals surface area (Å²) in [6, 6.07) is 8.25. The van der Waals surface area contributed by atoms with Crippen molar-refractivity contribution < 1.29 is 14.3 Å². The minimum Gasteiger partial charge on any atom is -0.489 e. The van der Waals surface area contributed by atoms with E-state index in [1.807, 2.05) is 12.1 Å². The number of aryl methyl sites for hydroxylation is 1. The zero-order valence-corrected chi connectivity index (χ0v) is 14.6. The number of nitrogens with zero attached hydrogens (tertiary/aromatic N) is 1. The first-order valence-corrected chi connectivity index (χ1v) is 9.65. The molecule has 24 heavy (non-hydrogen) atoms. The highest BCUT2D eigenvalue weighted by Crippen LogP contribution is 2.26. The van der Waals surface area contributed by atoms with Crippen molar-refractivity contribution in [2.45, 2.75) is 38.2 Å². The van der Waals surface area contributed by atoms with Gasteiger partial charge in [0.1, 0.15) is 11.9 Å². The number of rotatable bonds is 8. The quantitative estimate of drug-likeness (QED) is 0.732. The van der Waals surface area contributed by atoms with Crippen LogP contribution in [0.25, 0.3) is 0 Å². The van der Waals surface area contributed by atoms with E-state index in [1.54, 1.807) is 0 Å². The average Bonchev–Trinajstić information content (AvgIpc) is 2.92. The summed E-state index contributed by atoms with van der Waals surface area (Å²) < 4.78 is 6.00. The van der Waals surface area contributed by atoms with Crippen LogP contribution in [0, 0.1) is 0 Å². The number of unbranched alkanes of at least 4 members (excludes halogenated alkanes) is 2. The first-order valence-electron chi connectivity index (χ1n) is 8.66. The van der Waals surface area contributed by atoms with Crippen LogP contribution in [-0.4, -0.2) is 47.5 Å². The molecular weight excluding hydrogens is 324 g/mol. The third-order valence-electron chi connectivity index (χ3n) is 4.45. The van der Waals surface area contributed by atoms with Crippen LogP contribution < -0.4 is 10.1 Å². The van der Waals surface area contributed by atoms with Crippen molar-refractivity contribution in [2.75, 3.05) is 25.4 Å². The minimum absolute atomic E-state index is 0.0437. The normalized spacial score (nSPS) is 20.2. The molecule has 1 saturated heterocycles. The number of imide groups is 1. The van der Waals surface area contributed by atoms with E-state index < -0.39 is 0 Å². The maximum atomic E-state index is 11.5.